The van der Waals surface area contributed by atoms with E-state index in [1.807, 2.05) is 0 Å². The highest BCUT2D eigenvalue weighted by atomic mass is 16.5. The molecule has 1 heterocycles. The van der Waals surface area contributed by atoms with Crippen LogP contribution in [0.4, 0.5) is 5.69 Å². The Hall–Kier alpha value is -4.79. The molecule has 3 aromatic rings. The number of benzene rings is 3. The number of fused-ring (bicyclic) bond motifs is 1. The molecule has 3 amide bonds. The molecule has 182 valence electrons. The average molecular weight is 486 g/mol. The van der Waals surface area contributed by atoms with E-state index >= 15 is 0 Å². The summed E-state index contributed by atoms with van der Waals surface area (Å²) in [6, 6.07) is 20.1. The highest BCUT2D eigenvalue weighted by Gasteiger charge is 2.43. The van der Waals surface area contributed by atoms with Gasteiger partial charge in [0.25, 0.3) is 17.7 Å². The summed E-state index contributed by atoms with van der Waals surface area (Å²) in [5, 5.41) is 2.51. The van der Waals surface area contributed by atoms with Crippen molar-refractivity contribution in [1.82, 2.24) is 4.90 Å². The standard InChI is InChI=1S/C27H22N2O7/c1-35-26(33)20-13-7-8-14-21(20)28-23(30)16-36-27(34)22(15-17-9-3-2-4-10-17)29-24(31)18-11-5-6-12-19(18)25(29)32/h2-14,22H,15-16H2,1H3,(H,28,30)/t22-/m0/s1. The lowest BCUT2D eigenvalue weighted by molar-refractivity contribution is -0.151. The summed E-state index contributed by atoms with van der Waals surface area (Å²) in [6.45, 7) is -0.692. The molecular formula is C27H22N2O7. The maximum atomic E-state index is 13.1. The topological polar surface area (TPSA) is 119 Å². The summed E-state index contributed by atoms with van der Waals surface area (Å²) >= 11 is 0. The smallest absolute Gasteiger partial charge is 0.339 e. The van der Waals surface area contributed by atoms with Crippen molar-refractivity contribution >= 4 is 35.3 Å². The highest BCUT2D eigenvalue weighted by Crippen LogP contribution is 2.26. The molecule has 36 heavy (non-hydrogen) atoms. The zero-order valence-corrected chi connectivity index (χ0v) is 19.3. The number of hydrogen-bond donors (Lipinski definition) is 1. The first-order valence-electron chi connectivity index (χ1n) is 11.1. The van der Waals surface area contributed by atoms with E-state index in [0.717, 1.165) is 4.90 Å². The van der Waals surface area contributed by atoms with Crippen LogP contribution in [0.2, 0.25) is 0 Å². The molecule has 0 radical (unpaired) electrons. The zero-order valence-electron chi connectivity index (χ0n) is 19.3. The van der Waals surface area contributed by atoms with Crippen LogP contribution < -0.4 is 5.32 Å². The number of para-hydroxylation sites is 1. The molecule has 1 atom stereocenters. The maximum Gasteiger partial charge on any atom is 0.339 e. The number of anilines is 1. The summed E-state index contributed by atoms with van der Waals surface area (Å²) in [4.78, 5) is 64.5. The van der Waals surface area contributed by atoms with Crippen molar-refractivity contribution in [2.75, 3.05) is 19.0 Å². The van der Waals surface area contributed by atoms with Crippen LogP contribution in [0.15, 0.2) is 78.9 Å². The fourth-order valence-electron chi connectivity index (χ4n) is 3.91. The van der Waals surface area contributed by atoms with Crippen molar-refractivity contribution in [2.45, 2.75) is 12.5 Å². The minimum Gasteiger partial charge on any atom is -0.465 e. The third-order valence-electron chi connectivity index (χ3n) is 5.63. The first-order chi connectivity index (χ1) is 17.4. The Bertz CT molecular complexity index is 1300. The number of nitrogens with zero attached hydrogens (tertiary/aromatic N) is 1. The second-order valence-corrected chi connectivity index (χ2v) is 7.92. The van der Waals surface area contributed by atoms with Gasteiger partial charge in [0.2, 0.25) is 0 Å². The first-order valence-corrected chi connectivity index (χ1v) is 11.1. The number of carbonyl (C=O) groups is 5. The molecule has 0 fully saturated rings. The number of imide groups is 1. The van der Waals surface area contributed by atoms with Gasteiger partial charge in [-0.1, -0.05) is 54.6 Å². The molecule has 4 rings (SSSR count). The summed E-state index contributed by atoms with van der Waals surface area (Å²) < 4.78 is 9.94. The quantitative estimate of drug-likeness (QED) is 0.384. The molecule has 9 heteroatoms. The predicted octanol–water partition coefficient (Wildman–Crippen LogP) is 2.86. The highest BCUT2D eigenvalue weighted by molar-refractivity contribution is 6.22. The largest absolute Gasteiger partial charge is 0.465 e. The Balaban J connectivity index is 1.51. The lowest BCUT2D eigenvalue weighted by Crippen LogP contribution is -2.47. The van der Waals surface area contributed by atoms with Gasteiger partial charge in [-0.15, -0.1) is 0 Å². The van der Waals surface area contributed by atoms with E-state index in [2.05, 4.69) is 5.32 Å². The van der Waals surface area contributed by atoms with Crippen LogP contribution in [0.1, 0.15) is 36.6 Å². The number of esters is 2. The van der Waals surface area contributed by atoms with Gasteiger partial charge >= 0.3 is 11.9 Å². The van der Waals surface area contributed by atoms with Crippen molar-refractivity contribution < 1.29 is 33.4 Å². The summed E-state index contributed by atoms with van der Waals surface area (Å²) in [5.41, 5.74) is 1.42. The molecule has 0 unspecified atom stereocenters. The third-order valence-corrected chi connectivity index (χ3v) is 5.63. The number of carbonyl (C=O) groups excluding carboxylic acids is 5. The van der Waals surface area contributed by atoms with Crippen LogP contribution >= 0.6 is 0 Å². The molecule has 0 saturated heterocycles. The van der Waals surface area contributed by atoms with Gasteiger partial charge in [-0.05, 0) is 29.8 Å². The number of amides is 3. The van der Waals surface area contributed by atoms with Gasteiger partial charge in [0.05, 0.1) is 29.5 Å². The van der Waals surface area contributed by atoms with Crippen molar-refractivity contribution in [2.24, 2.45) is 0 Å². The van der Waals surface area contributed by atoms with E-state index < -0.39 is 42.3 Å². The van der Waals surface area contributed by atoms with Gasteiger partial charge in [0, 0.05) is 6.42 Å². The molecule has 1 aliphatic rings. The van der Waals surface area contributed by atoms with Gasteiger partial charge in [-0.25, -0.2) is 9.59 Å². The second kappa shape index (κ2) is 10.6. The molecule has 0 saturated carbocycles. The van der Waals surface area contributed by atoms with Crippen LogP contribution in [-0.2, 0) is 25.5 Å². The number of rotatable bonds is 8. The van der Waals surface area contributed by atoms with E-state index in [-0.39, 0.29) is 28.8 Å². The summed E-state index contributed by atoms with van der Waals surface area (Å²) in [5.74, 6) is -3.48. The fourth-order valence-corrected chi connectivity index (χ4v) is 3.91. The summed E-state index contributed by atoms with van der Waals surface area (Å²) in [6.07, 6.45) is 0.0118. The monoisotopic (exact) mass is 486 g/mol. The Kier molecular flexibility index (Phi) is 7.20. The van der Waals surface area contributed by atoms with Crippen molar-refractivity contribution in [3.05, 3.63) is 101 Å². The maximum absolute atomic E-state index is 13.1. The van der Waals surface area contributed by atoms with E-state index in [0.29, 0.717) is 5.56 Å². The molecule has 0 spiro atoms. The van der Waals surface area contributed by atoms with Crippen molar-refractivity contribution in [3.8, 4) is 0 Å². The lowest BCUT2D eigenvalue weighted by Gasteiger charge is -2.24. The van der Waals surface area contributed by atoms with Gasteiger partial charge in [0.1, 0.15) is 6.04 Å². The minimum atomic E-state index is -1.28. The zero-order chi connectivity index (χ0) is 25.7. The Morgan fingerprint density at radius 2 is 1.42 bits per heavy atom. The van der Waals surface area contributed by atoms with E-state index in [4.69, 9.17) is 9.47 Å². The van der Waals surface area contributed by atoms with Crippen LogP contribution in [0.25, 0.3) is 0 Å². The van der Waals surface area contributed by atoms with Gasteiger partial charge in [-0.3, -0.25) is 19.3 Å². The number of hydrogen-bond acceptors (Lipinski definition) is 7. The molecular weight excluding hydrogens is 464 g/mol. The molecule has 1 aliphatic heterocycles. The van der Waals surface area contributed by atoms with E-state index in [9.17, 15) is 24.0 Å². The van der Waals surface area contributed by atoms with Gasteiger partial charge in [0.15, 0.2) is 6.61 Å². The minimum absolute atomic E-state index is 0.0118. The fraction of sp³-hybridized carbons (Fsp3) is 0.148. The van der Waals surface area contributed by atoms with Gasteiger partial charge in [-0.2, -0.15) is 0 Å². The van der Waals surface area contributed by atoms with Crippen LogP contribution in [0.3, 0.4) is 0 Å². The Morgan fingerprint density at radius 3 is 2.06 bits per heavy atom. The SMILES string of the molecule is COC(=O)c1ccccc1NC(=O)COC(=O)[C@H](Cc1ccccc1)N1C(=O)c2ccccc2C1=O. The van der Waals surface area contributed by atoms with Crippen LogP contribution in [0, 0.1) is 0 Å². The molecule has 3 aromatic carbocycles. The van der Waals surface area contributed by atoms with E-state index in [1.54, 1.807) is 54.6 Å². The number of methoxy groups -OCH3 is 1. The first kappa shape index (κ1) is 24.3. The van der Waals surface area contributed by atoms with E-state index in [1.165, 1.54) is 31.4 Å². The number of nitrogens with one attached hydrogen (secondary N) is 1. The predicted molar refractivity (Wildman–Crippen MR) is 128 cm³/mol. The van der Waals surface area contributed by atoms with Gasteiger partial charge < -0.3 is 14.8 Å². The van der Waals surface area contributed by atoms with Crippen molar-refractivity contribution in [1.29, 1.82) is 0 Å². The molecule has 9 nitrogen and oxygen atoms in total. The third kappa shape index (κ3) is 5.00. The van der Waals surface area contributed by atoms with Crippen molar-refractivity contribution in [3.63, 3.8) is 0 Å². The Labute approximate surface area is 206 Å². The molecule has 0 aromatic heterocycles. The van der Waals surface area contributed by atoms with Crippen LogP contribution in [0.5, 0.6) is 0 Å². The molecule has 0 bridgehead atoms. The van der Waals surface area contributed by atoms with Crippen LogP contribution in [-0.4, -0.2) is 54.3 Å². The second-order valence-electron chi connectivity index (χ2n) is 7.92. The number of ether oxygens (including phenoxy) is 2. The normalized spacial score (nSPS) is 13.1. The Morgan fingerprint density at radius 1 is 0.833 bits per heavy atom. The average Bonchev–Trinajstić information content (AvgIpc) is 3.16. The molecule has 0 aliphatic carbocycles. The lowest BCUT2D eigenvalue weighted by atomic mass is 10.0. The summed E-state index contributed by atoms with van der Waals surface area (Å²) in [7, 11) is 1.22. The molecule has 1 N–H and O–H groups in total.